The maximum atomic E-state index is 13.7. The van der Waals surface area contributed by atoms with E-state index in [1.54, 1.807) is 6.07 Å². The average Bonchev–Trinajstić information content (AvgIpc) is 2.89. The molecule has 1 aromatic rings. The third-order valence-corrected chi connectivity index (χ3v) is 3.88. The summed E-state index contributed by atoms with van der Waals surface area (Å²) in [6.45, 7) is 6.57. The zero-order valence-electron chi connectivity index (χ0n) is 11.9. The number of likely N-dealkylation sites (tertiary alicyclic amines) is 1. The lowest BCUT2D eigenvalue weighted by molar-refractivity contribution is 0.294. The number of nitrogens with one attached hydrogen (secondary N) is 1. The van der Waals surface area contributed by atoms with Gasteiger partial charge in [-0.2, -0.15) is 0 Å². The van der Waals surface area contributed by atoms with Crippen LogP contribution in [0.25, 0.3) is 0 Å². The molecule has 0 aromatic heterocycles. The highest BCUT2D eigenvalue weighted by Gasteiger charge is 2.14. The second-order valence-electron chi connectivity index (χ2n) is 5.55. The molecule has 3 nitrogen and oxygen atoms in total. The Morgan fingerprint density at radius 2 is 2.15 bits per heavy atom. The van der Waals surface area contributed by atoms with Crippen LogP contribution in [-0.4, -0.2) is 36.1 Å². The SMILES string of the molecule is CC(CNc1ccc(C(N)=S)c(F)c1)CN1CCCC1. The molecular formula is C15H22FN3S. The molecule has 3 N–H and O–H groups in total. The summed E-state index contributed by atoms with van der Waals surface area (Å²) < 4.78 is 13.7. The molecule has 1 saturated heterocycles. The molecule has 1 aromatic carbocycles. The van der Waals surface area contributed by atoms with Gasteiger partial charge < -0.3 is 16.0 Å². The topological polar surface area (TPSA) is 41.3 Å². The minimum absolute atomic E-state index is 0.0939. The molecule has 1 fully saturated rings. The van der Waals surface area contributed by atoms with Crippen LogP contribution in [0.1, 0.15) is 25.3 Å². The van der Waals surface area contributed by atoms with E-state index in [0.29, 0.717) is 11.5 Å². The third-order valence-electron chi connectivity index (χ3n) is 3.66. The fourth-order valence-electron chi connectivity index (χ4n) is 2.59. The summed E-state index contributed by atoms with van der Waals surface area (Å²) in [5.41, 5.74) is 6.52. The van der Waals surface area contributed by atoms with Gasteiger partial charge in [-0.1, -0.05) is 19.1 Å². The summed E-state index contributed by atoms with van der Waals surface area (Å²) in [5, 5.41) is 3.27. The van der Waals surface area contributed by atoms with E-state index in [1.807, 2.05) is 6.07 Å². The van der Waals surface area contributed by atoms with Crippen LogP contribution in [-0.2, 0) is 0 Å². The van der Waals surface area contributed by atoms with E-state index in [2.05, 4.69) is 17.1 Å². The molecule has 20 heavy (non-hydrogen) atoms. The van der Waals surface area contributed by atoms with Gasteiger partial charge in [0.15, 0.2) is 0 Å². The predicted molar refractivity (Wildman–Crippen MR) is 85.6 cm³/mol. The molecular weight excluding hydrogens is 273 g/mol. The first kappa shape index (κ1) is 15.2. The minimum atomic E-state index is -0.366. The predicted octanol–water partition coefficient (Wildman–Crippen LogP) is 2.60. The molecule has 0 radical (unpaired) electrons. The molecule has 1 heterocycles. The number of anilines is 1. The highest BCUT2D eigenvalue weighted by atomic mass is 32.1. The summed E-state index contributed by atoms with van der Waals surface area (Å²) in [5.74, 6) is 0.168. The van der Waals surface area contributed by atoms with Gasteiger partial charge in [0.05, 0.1) is 0 Å². The molecule has 0 saturated carbocycles. The van der Waals surface area contributed by atoms with Crippen LogP contribution in [0.4, 0.5) is 10.1 Å². The summed E-state index contributed by atoms with van der Waals surface area (Å²) >= 11 is 4.79. The van der Waals surface area contributed by atoms with Gasteiger partial charge in [0, 0.05) is 24.3 Å². The molecule has 0 aliphatic carbocycles. The van der Waals surface area contributed by atoms with Crippen molar-refractivity contribution in [3.8, 4) is 0 Å². The lowest BCUT2D eigenvalue weighted by atomic mass is 10.1. The molecule has 0 amide bonds. The minimum Gasteiger partial charge on any atom is -0.389 e. The van der Waals surface area contributed by atoms with Crippen LogP contribution < -0.4 is 11.1 Å². The smallest absolute Gasteiger partial charge is 0.135 e. The van der Waals surface area contributed by atoms with Crippen LogP contribution in [0, 0.1) is 11.7 Å². The van der Waals surface area contributed by atoms with Gasteiger partial charge in [0.1, 0.15) is 10.8 Å². The standard InChI is InChI=1S/C15H22FN3S/c1-11(10-19-6-2-3-7-19)9-18-12-4-5-13(15(17)20)14(16)8-12/h4-5,8,11,18H,2-3,6-7,9-10H2,1H3,(H2,17,20). The molecule has 1 unspecified atom stereocenters. The number of halogens is 1. The van der Waals surface area contributed by atoms with Crippen LogP contribution in [0.15, 0.2) is 18.2 Å². The summed E-state index contributed by atoms with van der Waals surface area (Å²) in [6.07, 6.45) is 2.62. The van der Waals surface area contributed by atoms with Crippen molar-refractivity contribution in [2.24, 2.45) is 11.7 Å². The number of nitrogens with zero attached hydrogens (tertiary/aromatic N) is 1. The lowest BCUT2D eigenvalue weighted by Crippen LogP contribution is -2.28. The van der Waals surface area contributed by atoms with E-state index < -0.39 is 0 Å². The summed E-state index contributed by atoms with van der Waals surface area (Å²) in [4.78, 5) is 2.58. The van der Waals surface area contributed by atoms with Gasteiger partial charge in [-0.3, -0.25) is 0 Å². The molecule has 1 atom stereocenters. The Kier molecular flexibility index (Phi) is 5.31. The van der Waals surface area contributed by atoms with Gasteiger partial charge in [-0.25, -0.2) is 4.39 Å². The molecule has 1 aliphatic heterocycles. The van der Waals surface area contributed by atoms with Crippen molar-refractivity contribution in [1.82, 2.24) is 4.90 Å². The van der Waals surface area contributed by atoms with Gasteiger partial charge in [0.25, 0.3) is 0 Å². The van der Waals surface area contributed by atoms with E-state index >= 15 is 0 Å². The van der Waals surface area contributed by atoms with Crippen molar-refractivity contribution in [3.05, 3.63) is 29.6 Å². The van der Waals surface area contributed by atoms with Crippen LogP contribution >= 0.6 is 12.2 Å². The van der Waals surface area contributed by atoms with Crippen molar-refractivity contribution in [1.29, 1.82) is 0 Å². The Hall–Kier alpha value is -1.20. The van der Waals surface area contributed by atoms with Crippen molar-refractivity contribution >= 4 is 22.9 Å². The first-order valence-corrected chi connectivity index (χ1v) is 7.52. The fourth-order valence-corrected chi connectivity index (χ4v) is 2.75. The first-order chi connectivity index (χ1) is 9.56. The second-order valence-corrected chi connectivity index (χ2v) is 5.99. The van der Waals surface area contributed by atoms with Gasteiger partial charge in [-0.05, 0) is 50.0 Å². The number of thiocarbonyl (C=S) groups is 1. The maximum absolute atomic E-state index is 13.7. The van der Waals surface area contributed by atoms with Crippen molar-refractivity contribution < 1.29 is 4.39 Å². The van der Waals surface area contributed by atoms with Gasteiger partial charge in [0.2, 0.25) is 0 Å². The second kappa shape index (κ2) is 6.99. The van der Waals surface area contributed by atoms with Gasteiger partial charge in [-0.15, -0.1) is 0 Å². The molecule has 110 valence electrons. The van der Waals surface area contributed by atoms with E-state index in [9.17, 15) is 4.39 Å². The van der Waals surface area contributed by atoms with Gasteiger partial charge >= 0.3 is 0 Å². The molecule has 0 bridgehead atoms. The van der Waals surface area contributed by atoms with E-state index in [4.69, 9.17) is 18.0 Å². The Morgan fingerprint density at radius 1 is 1.45 bits per heavy atom. The summed E-state index contributed by atoms with van der Waals surface area (Å²) in [6, 6.07) is 4.91. The van der Waals surface area contributed by atoms with E-state index in [0.717, 1.165) is 18.8 Å². The Bertz CT molecular complexity index is 472. The number of nitrogens with two attached hydrogens (primary N) is 1. The van der Waals surface area contributed by atoms with Crippen molar-refractivity contribution in [3.63, 3.8) is 0 Å². The number of hydrogen-bond acceptors (Lipinski definition) is 3. The molecule has 5 heteroatoms. The van der Waals surface area contributed by atoms with Crippen LogP contribution in [0.5, 0.6) is 0 Å². The zero-order chi connectivity index (χ0) is 14.5. The number of rotatable bonds is 6. The number of hydrogen-bond donors (Lipinski definition) is 2. The molecule has 0 spiro atoms. The fraction of sp³-hybridized carbons (Fsp3) is 0.533. The largest absolute Gasteiger partial charge is 0.389 e. The number of benzene rings is 1. The van der Waals surface area contributed by atoms with Crippen molar-refractivity contribution in [2.75, 3.05) is 31.5 Å². The Balaban J connectivity index is 1.84. The monoisotopic (exact) mass is 295 g/mol. The quantitative estimate of drug-likeness (QED) is 0.792. The van der Waals surface area contributed by atoms with E-state index in [1.165, 1.54) is 32.0 Å². The molecule has 2 rings (SSSR count). The maximum Gasteiger partial charge on any atom is 0.135 e. The summed E-state index contributed by atoms with van der Waals surface area (Å²) in [7, 11) is 0. The van der Waals surface area contributed by atoms with Crippen LogP contribution in [0.3, 0.4) is 0 Å². The van der Waals surface area contributed by atoms with Crippen molar-refractivity contribution in [2.45, 2.75) is 19.8 Å². The first-order valence-electron chi connectivity index (χ1n) is 7.12. The Labute approximate surface area is 125 Å². The Morgan fingerprint density at radius 3 is 2.75 bits per heavy atom. The van der Waals surface area contributed by atoms with Crippen LogP contribution in [0.2, 0.25) is 0 Å². The normalized spacial score (nSPS) is 17.1. The highest BCUT2D eigenvalue weighted by Crippen LogP contribution is 2.16. The lowest BCUT2D eigenvalue weighted by Gasteiger charge is -2.21. The third kappa shape index (κ3) is 4.15. The zero-order valence-corrected chi connectivity index (χ0v) is 12.7. The average molecular weight is 295 g/mol. The van der Waals surface area contributed by atoms with E-state index in [-0.39, 0.29) is 10.8 Å². The highest BCUT2D eigenvalue weighted by molar-refractivity contribution is 7.80. The molecule has 1 aliphatic rings.